The molecule has 0 aliphatic carbocycles. The van der Waals surface area contributed by atoms with Crippen LogP contribution in [0.25, 0.3) is 0 Å². The van der Waals surface area contributed by atoms with Crippen LogP contribution in [0.1, 0.15) is 5.82 Å². The van der Waals surface area contributed by atoms with E-state index < -0.39 is 0 Å². The molecule has 0 saturated carbocycles. The standard InChI is InChI=1S/C7H9N5O2/c1-3-9-6-5(7(10-3)12-8)14-2-4(13)11-6/h2,8H2,1H3,(H2,9,10,11,12,13). The minimum absolute atomic E-state index is 0.0475. The number of fused-ring (bicyclic) bond motifs is 1. The largest absolute Gasteiger partial charge is 0.476 e. The molecule has 0 radical (unpaired) electrons. The molecule has 1 aromatic rings. The summed E-state index contributed by atoms with van der Waals surface area (Å²) in [5, 5.41) is 2.56. The maximum atomic E-state index is 11.0. The average molecular weight is 195 g/mol. The van der Waals surface area contributed by atoms with E-state index in [9.17, 15) is 4.79 Å². The fourth-order valence-electron chi connectivity index (χ4n) is 1.19. The molecular formula is C7H9N5O2. The molecule has 2 heterocycles. The Labute approximate surface area is 79.6 Å². The Bertz CT molecular complexity index is 392. The zero-order valence-corrected chi connectivity index (χ0v) is 7.50. The highest BCUT2D eigenvalue weighted by Gasteiger charge is 2.21. The van der Waals surface area contributed by atoms with Gasteiger partial charge in [-0.3, -0.25) is 4.79 Å². The second-order valence-corrected chi connectivity index (χ2v) is 2.78. The Balaban J connectivity index is 2.51. The van der Waals surface area contributed by atoms with Crippen LogP contribution in [-0.4, -0.2) is 22.5 Å². The third-order valence-corrected chi connectivity index (χ3v) is 1.72. The Hall–Kier alpha value is -1.89. The topological polar surface area (TPSA) is 102 Å². The van der Waals surface area contributed by atoms with Gasteiger partial charge in [0, 0.05) is 0 Å². The van der Waals surface area contributed by atoms with E-state index in [2.05, 4.69) is 20.7 Å². The molecule has 4 N–H and O–H groups in total. The van der Waals surface area contributed by atoms with E-state index in [1.54, 1.807) is 6.92 Å². The molecule has 0 unspecified atom stereocenters. The lowest BCUT2D eigenvalue weighted by molar-refractivity contribution is -0.118. The highest BCUT2D eigenvalue weighted by atomic mass is 16.5. The van der Waals surface area contributed by atoms with Crippen molar-refractivity contribution in [1.29, 1.82) is 0 Å². The van der Waals surface area contributed by atoms with E-state index in [-0.39, 0.29) is 12.5 Å². The van der Waals surface area contributed by atoms with Crippen molar-refractivity contribution in [2.24, 2.45) is 5.84 Å². The normalized spacial score (nSPS) is 14.0. The van der Waals surface area contributed by atoms with Crippen LogP contribution >= 0.6 is 0 Å². The molecule has 0 aromatic carbocycles. The number of hydrogen-bond donors (Lipinski definition) is 3. The summed E-state index contributed by atoms with van der Waals surface area (Å²) < 4.78 is 5.13. The van der Waals surface area contributed by atoms with Crippen LogP contribution in [0.5, 0.6) is 5.75 Å². The molecule has 1 aliphatic rings. The summed E-state index contributed by atoms with van der Waals surface area (Å²) >= 11 is 0. The Morgan fingerprint density at radius 3 is 3.07 bits per heavy atom. The lowest BCUT2D eigenvalue weighted by Crippen LogP contribution is -2.28. The predicted octanol–water partition coefficient (Wildman–Crippen LogP) is -0.598. The third kappa shape index (κ3) is 1.33. The molecule has 0 atom stereocenters. The number of nitrogens with two attached hydrogens (primary N) is 1. The van der Waals surface area contributed by atoms with Crippen LogP contribution in [0.2, 0.25) is 0 Å². The lowest BCUT2D eigenvalue weighted by Gasteiger charge is -2.18. The molecule has 1 amide bonds. The van der Waals surface area contributed by atoms with Gasteiger partial charge in [0.25, 0.3) is 5.91 Å². The zero-order valence-electron chi connectivity index (χ0n) is 7.50. The van der Waals surface area contributed by atoms with Crippen LogP contribution in [0.4, 0.5) is 11.6 Å². The van der Waals surface area contributed by atoms with Crippen molar-refractivity contribution in [1.82, 2.24) is 9.97 Å². The van der Waals surface area contributed by atoms with Crippen molar-refractivity contribution in [3.8, 4) is 5.75 Å². The molecule has 7 nitrogen and oxygen atoms in total. The van der Waals surface area contributed by atoms with Crippen molar-refractivity contribution in [2.45, 2.75) is 6.92 Å². The number of amides is 1. The van der Waals surface area contributed by atoms with Gasteiger partial charge in [0.2, 0.25) is 5.75 Å². The summed E-state index contributed by atoms with van der Waals surface area (Å²) in [7, 11) is 0. The van der Waals surface area contributed by atoms with Gasteiger partial charge in [0.15, 0.2) is 18.2 Å². The minimum atomic E-state index is -0.237. The monoisotopic (exact) mass is 195 g/mol. The second kappa shape index (κ2) is 3.11. The van der Waals surface area contributed by atoms with Crippen molar-refractivity contribution < 1.29 is 9.53 Å². The van der Waals surface area contributed by atoms with Crippen LogP contribution < -0.4 is 21.3 Å². The molecule has 7 heteroatoms. The zero-order chi connectivity index (χ0) is 10.1. The average Bonchev–Trinajstić information content (AvgIpc) is 2.15. The number of carbonyl (C=O) groups is 1. The van der Waals surface area contributed by atoms with Gasteiger partial charge >= 0.3 is 0 Å². The van der Waals surface area contributed by atoms with Gasteiger partial charge in [0.1, 0.15) is 5.82 Å². The van der Waals surface area contributed by atoms with Gasteiger partial charge in [-0.15, -0.1) is 0 Å². The summed E-state index contributed by atoms with van der Waals surface area (Å²) in [6.45, 7) is 1.65. The molecule has 0 fully saturated rings. The first-order valence-corrected chi connectivity index (χ1v) is 3.98. The molecule has 1 aromatic heterocycles. The SMILES string of the molecule is Cc1nc(NN)c2c(n1)NC(=O)CO2. The summed E-state index contributed by atoms with van der Waals surface area (Å²) in [5.74, 6) is 6.60. The number of hydrazine groups is 1. The fourth-order valence-corrected chi connectivity index (χ4v) is 1.19. The minimum Gasteiger partial charge on any atom is -0.476 e. The van der Waals surface area contributed by atoms with Gasteiger partial charge in [-0.1, -0.05) is 0 Å². The molecule has 14 heavy (non-hydrogen) atoms. The summed E-state index contributed by atoms with van der Waals surface area (Å²) in [5.41, 5.74) is 2.38. The Morgan fingerprint density at radius 2 is 2.36 bits per heavy atom. The molecule has 1 aliphatic heterocycles. The first kappa shape index (κ1) is 8.70. The maximum Gasteiger partial charge on any atom is 0.263 e. The van der Waals surface area contributed by atoms with Gasteiger partial charge in [-0.2, -0.15) is 0 Å². The van der Waals surface area contributed by atoms with Crippen molar-refractivity contribution in [2.75, 3.05) is 17.3 Å². The van der Waals surface area contributed by atoms with Gasteiger partial charge < -0.3 is 15.5 Å². The number of aromatic nitrogens is 2. The number of nitrogen functional groups attached to an aromatic ring is 1. The van der Waals surface area contributed by atoms with E-state index in [0.717, 1.165) is 0 Å². The molecule has 0 spiro atoms. The summed E-state index contributed by atoms with van der Waals surface area (Å²) in [6.07, 6.45) is 0. The number of rotatable bonds is 1. The molecule has 74 valence electrons. The lowest BCUT2D eigenvalue weighted by atomic mass is 10.4. The van der Waals surface area contributed by atoms with Crippen LogP contribution in [0.15, 0.2) is 0 Å². The quantitative estimate of drug-likeness (QED) is 0.408. The van der Waals surface area contributed by atoms with Crippen molar-refractivity contribution >= 4 is 17.5 Å². The third-order valence-electron chi connectivity index (χ3n) is 1.72. The van der Waals surface area contributed by atoms with Gasteiger partial charge in [-0.25, -0.2) is 15.8 Å². The second-order valence-electron chi connectivity index (χ2n) is 2.78. The van der Waals surface area contributed by atoms with E-state index >= 15 is 0 Å². The van der Waals surface area contributed by atoms with E-state index in [1.807, 2.05) is 0 Å². The molecule has 0 bridgehead atoms. The smallest absolute Gasteiger partial charge is 0.263 e. The maximum absolute atomic E-state index is 11.0. The molecule has 0 saturated heterocycles. The molecule has 2 rings (SSSR count). The van der Waals surface area contributed by atoms with E-state index in [0.29, 0.717) is 23.2 Å². The Morgan fingerprint density at radius 1 is 1.57 bits per heavy atom. The highest BCUT2D eigenvalue weighted by molar-refractivity contribution is 5.95. The van der Waals surface area contributed by atoms with Gasteiger partial charge in [-0.05, 0) is 6.92 Å². The number of anilines is 2. The first-order chi connectivity index (χ1) is 6.70. The van der Waals surface area contributed by atoms with Gasteiger partial charge in [0.05, 0.1) is 0 Å². The van der Waals surface area contributed by atoms with Crippen LogP contribution in [0, 0.1) is 6.92 Å². The van der Waals surface area contributed by atoms with E-state index in [4.69, 9.17) is 10.6 Å². The number of aryl methyl sites for hydroxylation is 1. The summed E-state index contributed by atoms with van der Waals surface area (Å²) in [4.78, 5) is 19.0. The Kier molecular flexibility index (Phi) is 1.93. The van der Waals surface area contributed by atoms with E-state index in [1.165, 1.54) is 0 Å². The number of carbonyl (C=O) groups excluding carboxylic acids is 1. The molecular weight excluding hydrogens is 186 g/mol. The van der Waals surface area contributed by atoms with Crippen LogP contribution in [0.3, 0.4) is 0 Å². The highest BCUT2D eigenvalue weighted by Crippen LogP contribution is 2.31. The first-order valence-electron chi connectivity index (χ1n) is 3.98. The fraction of sp³-hybridized carbons (Fsp3) is 0.286. The predicted molar refractivity (Wildman–Crippen MR) is 48.7 cm³/mol. The van der Waals surface area contributed by atoms with Crippen LogP contribution in [-0.2, 0) is 4.79 Å². The van der Waals surface area contributed by atoms with Crippen molar-refractivity contribution in [3.63, 3.8) is 0 Å². The number of nitrogens with one attached hydrogen (secondary N) is 2. The van der Waals surface area contributed by atoms with Crippen molar-refractivity contribution in [3.05, 3.63) is 5.82 Å². The number of nitrogens with zero attached hydrogens (tertiary/aromatic N) is 2. The number of ether oxygens (including phenoxy) is 1. The number of hydrogen-bond acceptors (Lipinski definition) is 6. The summed E-state index contributed by atoms with van der Waals surface area (Å²) in [6, 6.07) is 0.